The first kappa shape index (κ1) is 30.8. The van der Waals surface area contributed by atoms with Crippen molar-refractivity contribution in [2.45, 2.75) is 0 Å². The molecule has 0 unspecified atom stereocenters. The molecule has 0 atom stereocenters. The van der Waals surface area contributed by atoms with E-state index >= 15 is 0 Å². The van der Waals surface area contributed by atoms with Gasteiger partial charge in [0.25, 0.3) is 0 Å². The van der Waals surface area contributed by atoms with Crippen molar-refractivity contribution in [1.82, 2.24) is 4.57 Å². The fourth-order valence-corrected chi connectivity index (χ4v) is 9.01. The summed E-state index contributed by atoms with van der Waals surface area (Å²) in [5.41, 5.74) is 11.6. The van der Waals surface area contributed by atoms with Gasteiger partial charge in [0, 0.05) is 58.2 Å². The maximum absolute atomic E-state index is 3.57. The van der Waals surface area contributed by atoms with Crippen molar-refractivity contribution in [3.63, 3.8) is 0 Å². The summed E-state index contributed by atoms with van der Waals surface area (Å²) in [4.78, 5) is 2.36. The number of rotatable bonds is 6. The van der Waals surface area contributed by atoms with Crippen LogP contribution in [0.3, 0.4) is 0 Å². The van der Waals surface area contributed by atoms with Crippen molar-refractivity contribution < 1.29 is 0 Å². The molecule has 8 aromatic carbocycles. The van der Waals surface area contributed by atoms with Crippen LogP contribution in [-0.4, -0.2) is 4.57 Å². The summed E-state index contributed by atoms with van der Waals surface area (Å²) in [7, 11) is 0. The molecule has 0 aliphatic carbocycles. The van der Waals surface area contributed by atoms with Crippen molar-refractivity contribution >= 4 is 86.3 Å². The van der Waals surface area contributed by atoms with E-state index in [1.54, 1.807) is 0 Å². The van der Waals surface area contributed by atoms with Crippen LogP contribution in [0, 0.1) is 0 Å². The van der Waals surface area contributed by atoms with E-state index in [-0.39, 0.29) is 0 Å². The summed E-state index contributed by atoms with van der Waals surface area (Å²) >= 11 is 5.45. The second-order valence-corrected chi connectivity index (χ2v) is 15.1. The molecule has 0 saturated heterocycles. The summed E-state index contributed by atoms with van der Waals surface area (Å²) in [5, 5.41) is 5.19. The lowest BCUT2D eigenvalue weighted by atomic mass is 10.0. The minimum atomic E-state index is 1.08. The second-order valence-electron chi connectivity index (χ2n) is 13.1. The van der Waals surface area contributed by atoms with E-state index in [1.165, 1.54) is 64.2 Å². The Morgan fingerprint density at radius 1 is 0.404 bits per heavy atom. The molecule has 10 rings (SSSR count). The quantitative estimate of drug-likeness (QED) is 0.164. The number of para-hydroxylation sites is 1. The normalized spacial score (nSPS) is 11.6. The minimum absolute atomic E-state index is 1.08. The van der Waals surface area contributed by atoms with E-state index in [2.05, 4.69) is 213 Å². The molecular formula is C48H31BrN2S. The molecule has 246 valence electrons. The molecule has 2 nitrogen and oxygen atoms in total. The highest BCUT2D eigenvalue weighted by molar-refractivity contribution is 9.10. The lowest BCUT2D eigenvalue weighted by molar-refractivity contribution is 1.18. The number of nitrogens with zero attached hydrogens (tertiary/aromatic N) is 2. The van der Waals surface area contributed by atoms with Crippen LogP contribution >= 0.6 is 27.3 Å². The number of aromatic nitrogens is 1. The average molecular weight is 748 g/mol. The van der Waals surface area contributed by atoms with Crippen LogP contribution in [0.25, 0.3) is 69.9 Å². The molecule has 0 bridgehead atoms. The summed E-state index contributed by atoms with van der Waals surface area (Å²) in [6, 6.07) is 68.1. The molecule has 10 aromatic rings. The number of fused-ring (bicyclic) bond motifs is 7. The van der Waals surface area contributed by atoms with E-state index in [9.17, 15) is 0 Å². The highest BCUT2D eigenvalue weighted by Gasteiger charge is 2.20. The topological polar surface area (TPSA) is 8.17 Å². The summed E-state index contributed by atoms with van der Waals surface area (Å²) in [6.45, 7) is 0. The number of anilines is 3. The van der Waals surface area contributed by atoms with Crippen molar-refractivity contribution in [2.75, 3.05) is 4.90 Å². The number of hydrogen-bond acceptors (Lipinski definition) is 2. The Morgan fingerprint density at radius 3 is 1.71 bits per heavy atom. The molecule has 0 radical (unpaired) electrons. The number of halogens is 1. The van der Waals surface area contributed by atoms with Gasteiger partial charge in [0.1, 0.15) is 0 Å². The molecule has 2 heterocycles. The SMILES string of the molecule is Brc1ccc(-c2ccc(N(c3ccccc3)c3ccc4c5c6c(ccc5n(-c5ccc(-c7ccccc7)cc5)c4c3)sc3ccccc36)cc2)cc1. The van der Waals surface area contributed by atoms with Crippen LogP contribution in [-0.2, 0) is 0 Å². The molecule has 52 heavy (non-hydrogen) atoms. The molecular weight excluding hydrogens is 717 g/mol. The molecule has 0 spiro atoms. The Balaban J connectivity index is 1.20. The molecule has 0 aliphatic rings. The van der Waals surface area contributed by atoms with Crippen molar-refractivity contribution in [1.29, 1.82) is 0 Å². The maximum atomic E-state index is 3.57. The molecule has 0 saturated carbocycles. The van der Waals surface area contributed by atoms with Gasteiger partial charge in [-0.25, -0.2) is 0 Å². The molecule has 2 aromatic heterocycles. The van der Waals surface area contributed by atoms with Gasteiger partial charge in [-0.15, -0.1) is 11.3 Å². The predicted molar refractivity (Wildman–Crippen MR) is 227 cm³/mol. The number of benzene rings is 8. The highest BCUT2D eigenvalue weighted by Crippen LogP contribution is 2.45. The van der Waals surface area contributed by atoms with Crippen LogP contribution in [0.5, 0.6) is 0 Å². The Kier molecular flexibility index (Phi) is 7.52. The second kappa shape index (κ2) is 12.7. The minimum Gasteiger partial charge on any atom is -0.310 e. The summed E-state index contributed by atoms with van der Waals surface area (Å²) in [6.07, 6.45) is 0. The third-order valence-corrected chi connectivity index (χ3v) is 11.7. The Morgan fingerprint density at radius 2 is 0.981 bits per heavy atom. The molecule has 0 fully saturated rings. The van der Waals surface area contributed by atoms with Crippen LogP contribution in [0.4, 0.5) is 17.1 Å². The number of hydrogen-bond donors (Lipinski definition) is 0. The standard InChI is InChI=1S/C48H31BrN2S/c49-36-21-15-33(16-22-36)35-17-23-38(24-18-35)50(37-11-5-2-6-12-37)40-27-28-41-44(31-40)51(39-25-19-34(20-26-39)32-9-3-1-4-10-32)43-29-30-46-48(47(41)43)42-13-7-8-14-45(42)52-46/h1-31H. The molecule has 4 heteroatoms. The fraction of sp³-hybridized carbons (Fsp3) is 0. The van der Waals surface area contributed by atoms with Gasteiger partial charge >= 0.3 is 0 Å². The largest absolute Gasteiger partial charge is 0.310 e. The third-order valence-electron chi connectivity index (χ3n) is 10.1. The van der Waals surface area contributed by atoms with Crippen molar-refractivity contribution in [3.05, 3.63) is 193 Å². The van der Waals surface area contributed by atoms with Crippen LogP contribution in [0.1, 0.15) is 0 Å². The maximum Gasteiger partial charge on any atom is 0.0562 e. The zero-order valence-corrected chi connectivity index (χ0v) is 30.5. The average Bonchev–Trinajstić information content (AvgIpc) is 3.75. The fourth-order valence-electron chi connectivity index (χ4n) is 7.63. The van der Waals surface area contributed by atoms with E-state index in [1.807, 2.05) is 11.3 Å². The Bertz CT molecular complexity index is 2870. The van der Waals surface area contributed by atoms with Crippen LogP contribution < -0.4 is 4.90 Å². The monoisotopic (exact) mass is 746 g/mol. The Hall–Kier alpha value is -5.94. The highest BCUT2D eigenvalue weighted by atomic mass is 79.9. The predicted octanol–water partition coefficient (Wildman–Crippen LogP) is 14.7. The van der Waals surface area contributed by atoms with E-state index in [0.717, 1.165) is 27.2 Å². The molecule has 0 N–H and O–H groups in total. The van der Waals surface area contributed by atoms with Crippen LogP contribution in [0.15, 0.2) is 193 Å². The first-order valence-electron chi connectivity index (χ1n) is 17.5. The van der Waals surface area contributed by atoms with E-state index in [0.29, 0.717) is 0 Å². The van der Waals surface area contributed by atoms with Crippen LogP contribution in [0.2, 0.25) is 0 Å². The van der Waals surface area contributed by atoms with Gasteiger partial charge in [0.15, 0.2) is 0 Å². The molecule has 0 aliphatic heterocycles. The summed E-state index contributed by atoms with van der Waals surface area (Å²) < 4.78 is 6.16. The van der Waals surface area contributed by atoms with Gasteiger partial charge in [-0.3, -0.25) is 0 Å². The lowest BCUT2D eigenvalue weighted by Gasteiger charge is -2.26. The summed E-state index contributed by atoms with van der Waals surface area (Å²) in [5.74, 6) is 0. The zero-order chi connectivity index (χ0) is 34.6. The van der Waals surface area contributed by atoms with Crippen molar-refractivity contribution in [3.8, 4) is 27.9 Å². The van der Waals surface area contributed by atoms with Gasteiger partial charge < -0.3 is 9.47 Å². The zero-order valence-electron chi connectivity index (χ0n) is 28.1. The Labute approximate surface area is 314 Å². The van der Waals surface area contributed by atoms with Gasteiger partial charge in [0.05, 0.1) is 11.0 Å². The van der Waals surface area contributed by atoms with Gasteiger partial charge in [-0.1, -0.05) is 125 Å². The van der Waals surface area contributed by atoms with Gasteiger partial charge in [0.2, 0.25) is 0 Å². The lowest BCUT2D eigenvalue weighted by Crippen LogP contribution is -2.10. The number of thiophene rings is 1. The first-order chi connectivity index (χ1) is 25.7. The molecule has 0 amide bonds. The van der Waals surface area contributed by atoms with E-state index < -0.39 is 0 Å². The van der Waals surface area contributed by atoms with Crippen molar-refractivity contribution in [2.24, 2.45) is 0 Å². The van der Waals surface area contributed by atoms with E-state index in [4.69, 9.17) is 0 Å². The third kappa shape index (κ3) is 5.22. The smallest absolute Gasteiger partial charge is 0.0562 e. The first-order valence-corrected chi connectivity index (χ1v) is 19.1. The van der Waals surface area contributed by atoms with Gasteiger partial charge in [-0.05, 0) is 101 Å². The van der Waals surface area contributed by atoms with Gasteiger partial charge in [-0.2, -0.15) is 0 Å².